The van der Waals surface area contributed by atoms with E-state index in [9.17, 15) is 9.59 Å². The maximum absolute atomic E-state index is 11.9. The van der Waals surface area contributed by atoms with Crippen LogP contribution in [0, 0.1) is 0 Å². The van der Waals surface area contributed by atoms with E-state index in [0.29, 0.717) is 5.17 Å². The first-order valence-electron chi connectivity index (χ1n) is 7.54. The van der Waals surface area contributed by atoms with E-state index < -0.39 is 10.7 Å². The first-order chi connectivity index (χ1) is 11.1. The van der Waals surface area contributed by atoms with Crippen molar-refractivity contribution in [1.82, 2.24) is 5.32 Å². The molecule has 2 N–H and O–H groups in total. The number of amidine groups is 1. The van der Waals surface area contributed by atoms with Gasteiger partial charge in [0, 0.05) is 0 Å². The molecule has 1 aliphatic rings. The van der Waals surface area contributed by atoms with Crippen molar-refractivity contribution >= 4 is 35.0 Å². The number of hydrogen-bond acceptors (Lipinski definition) is 5. The van der Waals surface area contributed by atoms with Crippen LogP contribution in [0.2, 0.25) is 0 Å². The van der Waals surface area contributed by atoms with E-state index in [1.54, 1.807) is 13.1 Å². The number of thioether (sulfide) groups is 1. The van der Waals surface area contributed by atoms with Gasteiger partial charge in [0.1, 0.15) is 4.75 Å². The Morgan fingerprint density at radius 3 is 2.50 bits per heavy atom. The molecule has 7 heteroatoms. The minimum Gasteiger partial charge on any atom is -0.481 e. The highest BCUT2D eigenvalue weighted by Crippen LogP contribution is 2.34. The van der Waals surface area contributed by atoms with Crippen molar-refractivity contribution < 1.29 is 14.7 Å². The molecule has 2 rings (SSSR count). The third-order valence-electron chi connectivity index (χ3n) is 3.64. The maximum Gasteiger partial charge on any atom is 0.305 e. The number of aliphatic carboxylic acids is 1. The smallest absolute Gasteiger partial charge is 0.305 e. The van der Waals surface area contributed by atoms with Gasteiger partial charge in [-0.05, 0) is 23.5 Å². The van der Waals surface area contributed by atoms with Crippen molar-refractivity contribution in [3.8, 4) is 0 Å². The highest BCUT2D eigenvalue weighted by molar-refractivity contribution is 8.16. The molecule has 1 aromatic carbocycles. The van der Waals surface area contributed by atoms with Crippen LogP contribution in [0.1, 0.15) is 45.2 Å². The van der Waals surface area contributed by atoms with Crippen LogP contribution in [0.4, 0.5) is 0 Å². The topological polar surface area (TPSA) is 91.1 Å². The predicted molar refractivity (Wildman–Crippen MR) is 96.6 cm³/mol. The average Bonchev–Trinajstić information content (AvgIpc) is 2.72. The molecule has 1 aliphatic heterocycles. The number of carboxylic acid groups (broad SMARTS) is 1. The molecule has 1 aromatic rings. The van der Waals surface area contributed by atoms with Gasteiger partial charge in [-0.25, -0.2) is 0 Å². The summed E-state index contributed by atoms with van der Waals surface area (Å²) in [5.74, 6) is -1.39. The number of carboxylic acids is 1. The summed E-state index contributed by atoms with van der Waals surface area (Å²) in [6, 6.07) is 8.01. The van der Waals surface area contributed by atoms with Crippen LogP contribution >= 0.6 is 11.8 Å². The van der Waals surface area contributed by atoms with Crippen LogP contribution in [-0.4, -0.2) is 33.1 Å². The number of benzene rings is 1. The van der Waals surface area contributed by atoms with Gasteiger partial charge < -0.3 is 10.4 Å². The summed E-state index contributed by atoms with van der Waals surface area (Å²) >= 11 is 1.09. The Labute approximate surface area is 145 Å². The monoisotopic (exact) mass is 347 g/mol. The summed E-state index contributed by atoms with van der Waals surface area (Å²) in [5.41, 5.74) is 2.22. The molecule has 0 bridgehead atoms. The third-order valence-corrected chi connectivity index (χ3v) is 4.80. The van der Waals surface area contributed by atoms with Crippen LogP contribution in [-0.2, 0) is 15.0 Å². The molecular weight excluding hydrogens is 326 g/mol. The van der Waals surface area contributed by atoms with Gasteiger partial charge in [-0.1, -0.05) is 56.8 Å². The fraction of sp³-hybridized carbons (Fsp3) is 0.412. The number of rotatable bonds is 4. The molecule has 1 heterocycles. The first-order valence-corrected chi connectivity index (χ1v) is 8.36. The Balaban J connectivity index is 2.05. The SMILES string of the molecule is CC1(CC(=O)O)S/C(=N/N=C/c2ccc(C(C)(C)C)cc2)NC1=O. The number of carbonyl (C=O) groups excluding carboxylic acids is 1. The van der Waals surface area contributed by atoms with Crippen LogP contribution in [0.3, 0.4) is 0 Å². The lowest BCUT2D eigenvalue weighted by atomic mass is 9.87. The molecule has 0 saturated carbocycles. The molecule has 1 fully saturated rings. The van der Waals surface area contributed by atoms with E-state index in [0.717, 1.165) is 17.3 Å². The molecule has 1 atom stereocenters. The van der Waals surface area contributed by atoms with Gasteiger partial charge in [0.15, 0.2) is 5.17 Å². The largest absolute Gasteiger partial charge is 0.481 e. The Hall–Kier alpha value is -2.15. The third kappa shape index (κ3) is 4.44. The summed E-state index contributed by atoms with van der Waals surface area (Å²) in [6.45, 7) is 8.03. The summed E-state index contributed by atoms with van der Waals surface area (Å²) < 4.78 is -1.05. The Bertz CT molecular complexity index is 705. The number of nitrogens with one attached hydrogen (secondary N) is 1. The highest BCUT2D eigenvalue weighted by atomic mass is 32.2. The van der Waals surface area contributed by atoms with Crippen LogP contribution in [0.15, 0.2) is 34.5 Å². The van der Waals surface area contributed by atoms with Crippen LogP contribution in [0.25, 0.3) is 0 Å². The molecule has 6 nitrogen and oxygen atoms in total. The summed E-state index contributed by atoms with van der Waals surface area (Å²) in [6.07, 6.45) is 1.33. The fourth-order valence-electron chi connectivity index (χ4n) is 2.18. The van der Waals surface area contributed by atoms with E-state index in [1.807, 2.05) is 24.3 Å². The van der Waals surface area contributed by atoms with E-state index in [2.05, 4.69) is 36.3 Å². The lowest BCUT2D eigenvalue weighted by molar-refractivity contribution is -0.139. The average molecular weight is 347 g/mol. The molecule has 0 spiro atoms. The van der Waals surface area contributed by atoms with E-state index in [-0.39, 0.29) is 17.7 Å². The van der Waals surface area contributed by atoms with Gasteiger partial charge in [0.2, 0.25) is 5.91 Å². The van der Waals surface area contributed by atoms with Gasteiger partial charge in [-0.3, -0.25) is 9.59 Å². The van der Waals surface area contributed by atoms with Gasteiger partial charge in [-0.2, -0.15) is 5.10 Å². The minimum absolute atomic E-state index is 0.0925. The lowest BCUT2D eigenvalue weighted by Gasteiger charge is -2.18. The summed E-state index contributed by atoms with van der Waals surface area (Å²) in [4.78, 5) is 22.7. The molecule has 0 aromatic heterocycles. The molecule has 0 aliphatic carbocycles. The van der Waals surface area contributed by atoms with Crippen molar-refractivity contribution in [3.63, 3.8) is 0 Å². The maximum atomic E-state index is 11.9. The Morgan fingerprint density at radius 1 is 1.33 bits per heavy atom. The highest BCUT2D eigenvalue weighted by Gasteiger charge is 2.44. The lowest BCUT2D eigenvalue weighted by Crippen LogP contribution is -2.35. The van der Waals surface area contributed by atoms with Crippen molar-refractivity contribution in [3.05, 3.63) is 35.4 Å². The van der Waals surface area contributed by atoms with Crippen molar-refractivity contribution in [2.24, 2.45) is 10.2 Å². The molecular formula is C17H21N3O3S. The molecule has 128 valence electrons. The summed E-state index contributed by atoms with van der Waals surface area (Å²) in [7, 11) is 0. The zero-order valence-electron chi connectivity index (χ0n) is 14.2. The summed E-state index contributed by atoms with van der Waals surface area (Å²) in [5, 5.41) is 19.7. The molecule has 1 unspecified atom stereocenters. The zero-order chi connectivity index (χ0) is 18.0. The standard InChI is InChI=1S/C17H21N3O3S/c1-16(2,3)12-7-5-11(6-8-12)10-18-20-15-19-14(23)17(4,24-15)9-13(21)22/h5-8,10H,9H2,1-4H3,(H,21,22)(H,19,20,23)/b18-10+. The molecule has 1 amide bonds. The van der Waals surface area contributed by atoms with Crippen LogP contribution < -0.4 is 5.32 Å². The minimum atomic E-state index is -1.05. The second-order valence-corrected chi connectivity index (χ2v) is 8.37. The molecule has 24 heavy (non-hydrogen) atoms. The van der Waals surface area contributed by atoms with E-state index in [4.69, 9.17) is 5.11 Å². The number of amides is 1. The van der Waals surface area contributed by atoms with Crippen LogP contribution in [0.5, 0.6) is 0 Å². The molecule has 0 radical (unpaired) electrons. The van der Waals surface area contributed by atoms with E-state index in [1.165, 1.54) is 5.56 Å². The van der Waals surface area contributed by atoms with Crippen molar-refractivity contribution in [2.45, 2.75) is 44.3 Å². The number of carbonyl (C=O) groups is 2. The predicted octanol–water partition coefficient (Wildman–Crippen LogP) is 2.77. The van der Waals surface area contributed by atoms with Gasteiger partial charge in [0.05, 0.1) is 12.6 Å². The normalized spacial score (nSPS) is 23.0. The second kappa shape index (κ2) is 6.76. The Morgan fingerprint density at radius 2 is 1.96 bits per heavy atom. The second-order valence-electron chi connectivity index (χ2n) is 6.88. The van der Waals surface area contributed by atoms with Gasteiger partial charge in [0.25, 0.3) is 0 Å². The Kier molecular flexibility index (Phi) is 5.13. The first kappa shape index (κ1) is 18.2. The number of nitrogens with zero attached hydrogens (tertiary/aromatic N) is 2. The quantitative estimate of drug-likeness (QED) is 0.647. The number of hydrogen-bond donors (Lipinski definition) is 2. The molecule has 1 saturated heterocycles. The zero-order valence-corrected chi connectivity index (χ0v) is 15.0. The van der Waals surface area contributed by atoms with Gasteiger partial charge in [-0.15, -0.1) is 5.10 Å². The fourth-order valence-corrected chi connectivity index (χ4v) is 3.18. The van der Waals surface area contributed by atoms with Crippen molar-refractivity contribution in [1.29, 1.82) is 0 Å². The van der Waals surface area contributed by atoms with Gasteiger partial charge >= 0.3 is 5.97 Å². The van der Waals surface area contributed by atoms with E-state index >= 15 is 0 Å². The van der Waals surface area contributed by atoms with Crippen molar-refractivity contribution in [2.75, 3.05) is 0 Å².